The zero-order valence-corrected chi connectivity index (χ0v) is 13.0. The molecule has 2 N–H and O–H groups in total. The van der Waals surface area contributed by atoms with Crippen molar-refractivity contribution in [3.63, 3.8) is 0 Å². The van der Waals surface area contributed by atoms with Crippen molar-refractivity contribution < 1.29 is 0 Å². The van der Waals surface area contributed by atoms with Gasteiger partial charge in [-0.1, -0.05) is 11.6 Å². The van der Waals surface area contributed by atoms with Crippen molar-refractivity contribution in [1.29, 1.82) is 0 Å². The van der Waals surface area contributed by atoms with Crippen LogP contribution >= 0.6 is 46.4 Å². The molecule has 0 aliphatic rings. The number of hydrogen-bond acceptors (Lipinski definition) is 1. The number of anilines is 2. The van der Waals surface area contributed by atoms with Crippen LogP contribution in [0.3, 0.4) is 0 Å². The molecule has 0 bridgehead atoms. The Labute approximate surface area is 130 Å². The second-order valence-corrected chi connectivity index (χ2v) is 5.68. The van der Waals surface area contributed by atoms with Gasteiger partial charge in [0.05, 0.1) is 0 Å². The van der Waals surface area contributed by atoms with Gasteiger partial charge in [-0.2, -0.15) is 0 Å². The van der Waals surface area contributed by atoms with Crippen molar-refractivity contribution in [1.82, 2.24) is 0 Å². The highest BCUT2D eigenvalue weighted by Gasteiger charge is 1.99. The molecule has 5 heteroatoms. The lowest BCUT2D eigenvalue weighted by atomic mass is 10.3. The molecule has 18 heavy (non-hydrogen) atoms. The van der Waals surface area contributed by atoms with Crippen molar-refractivity contribution in [2.24, 2.45) is 0 Å². The summed E-state index contributed by atoms with van der Waals surface area (Å²) >= 11 is 13.3. The van der Waals surface area contributed by atoms with Gasteiger partial charge in [-0.15, -0.1) is 0 Å². The topological polar surface area (TPSA) is 24.1 Å². The zero-order valence-electron chi connectivity index (χ0n) is 9.28. The summed E-state index contributed by atoms with van der Waals surface area (Å²) in [5, 5.41) is 7.47. The second-order valence-electron chi connectivity index (χ2n) is 3.59. The fourth-order valence-electron chi connectivity index (χ4n) is 1.36. The normalized spacial score (nSPS) is 9.89. The molecule has 0 fully saturated rings. The Kier molecular flexibility index (Phi) is 4.79. The van der Waals surface area contributed by atoms with E-state index in [9.17, 15) is 0 Å². The summed E-state index contributed by atoms with van der Waals surface area (Å²) in [6.45, 7) is 0. The Morgan fingerprint density at radius 3 is 1.83 bits per heavy atom. The molecule has 0 aromatic heterocycles. The van der Waals surface area contributed by atoms with E-state index in [-0.39, 0.29) is 0 Å². The van der Waals surface area contributed by atoms with Gasteiger partial charge in [0.1, 0.15) is 0 Å². The molecule has 0 saturated carbocycles. The van der Waals surface area contributed by atoms with Gasteiger partial charge in [-0.25, -0.2) is 0 Å². The van der Waals surface area contributed by atoms with Crippen LogP contribution in [0.25, 0.3) is 0 Å². The van der Waals surface area contributed by atoms with Gasteiger partial charge in [-0.05, 0) is 83.3 Å². The van der Waals surface area contributed by atoms with E-state index in [0.717, 1.165) is 11.4 Å². The van der Waals surface area contributed by atoms with Crippen molar-refractivity contribution in [3.8, 4) is 0 Å². The number of thiocarbonyl (C=S) groups is 1. The van der Waals surface area contributed by atoms with Crippen LogP contribution in [-0.4, -0.2) is 5.11 Å². The third kappa shape index (κ3) is 4.12. The first kappa shape index (κ1) is 13.6. The fraction of sp³-hybridized carbons (Fsp3) is 0. The summed E-state index contributed by atoms with van der Waals surface area (Å²) in [7, 11) is 0. The lowest BCUT2D eigenvalue weighted by Gasteiger charge is -2.10. The molecular weight excluding hydrogens is 379 g/mol. The maximum atomic E-state index is 5.82. The molecule has 0 aliphatic heterocycles. The molecule has 0 heterocycles. The summed E-state index contributed by atoms with van der Waals surface area (Å²) in [5.74, 6) is 0. The van der Waals surface area contributed by atoms with Gasteiger partial charge in [0.25, 0.3) is 0 Å². The highest BCUT2D eigenvalue weighted by Crippen LogP contribution is 2.15. The number of benzene rings is 2. The molecule has 2 nitrogen and oxygen atoms in total. The first-order chi connectivity index (χ1) is 8.63. The molecule has 0 aliphatic carbocycles. The van der Waals surface area contributed by atoms with E-state index in [1.54, 1.807) is 0 Å². The molecule has 0 radical (unpaired) electrons. The molecule has 0 atom stereocenters. The Morgan fingerprint density at radius 2 is 1.33 bits per heavy atom. The minimum atomic E-state index is 0.554. The van der Waals surface area contributed by atoms with E-state index in [0.29, 0.717) is 10.1 Å². The highest BCUT2D eigenvalue weighted by molar-refractivity contribution is 14.1. The molecule has 2 aromatic rings. The average molecular weight is 389 g/mol. The maximum absolute atomic E-state index is 5.82. The molecule has 0 amide bonds. The molecule has 2 rings (SSSR count). The van der Waals surface area contributed by atoms with Crippen LogP contribution in [0.4, 0.5) is 11.4 Å². The highest BCUT2D eigenvalue weighted by atomic mass is 127. The van der Waals surface area contributed by atoms with Gasteiger partial charge >= 0.3 is 0 Å². The third-order valence-corrected chi connectivity index (χ3v) is 3.38. The van der Waals surface area contributed by atoms with Crippen LogP contribution in [0, 0.1) is 3.57 Å². The van der Waals surface area contributed by atoms with Crippen molar-refractivity contribution in [2.45, 2.75) is 0 Å². The van der Waals surface area contributed by atoms with Gasteiger partial charge in [0.2, 0.25) is 0 Å². The van der Waals surface area contributed by atoms with Crippen LogP contribution in [0.2, 0.25) is 5.02 Å². The fourth-order valence-corrected chi connectivity index (χ4v) is 2.08. The van der Waals surface area contributed by atoms with E-state index in [1.165, 1.54) is 3.57 Å². The summed E-state index contributed by atoms with van der Waals surface area (Å²) in [5.41, 5.74) is 1.87. The lowest BCUT2D eigenvalue weighted by Crippen LogP contribution is -2.18. The predicted molar refractivity (Wildman–Crippen MR) is 90.5 cm³/mol. The van der Waals surface area contributed by atoms with Crippen molar-refractivity contribution in [3.05, 3.63) is 57.1 Å². The SMILES string of the molecule is S=C(Nc1ccc(Cl)cc1)Nc1ccc(I)cc1. The van der Waals surface area contributed by atoms with Crippen molar-refractivity contribution >= 4 is 62.9 Å². The number of hydrogen-bond donors (Lipinski definition) is 2. The molecule has 92 valence electrons. The van der Waals surface area contributed by atoms with Crippen molar-refractivity contribution in [2.75, 3.05) is 10.6 Å². The smallest absolute Gasteiger partial charge is 0.175 e. The van der Waals surface area contributed by atoms with Crippen LogP contribution in [0.1, 0.15) is 0 Å². The van der Waals surface area contributed by atoms with E-state index < -0.39 is 0 Å². The predicted octanol–water partition coefficient (Wildman–Crippen LogP) is 4.75. The first-order valence-corrected chi connectivity index (χ1v) is 7.09. The summed E-state index contributed by atoms with van der Waals surface area (Å²) in [6.07, 6.45) is 0. The first-order valence-electron chi connectivity index (χ1n) is 5.22. The quantitative estimate of drug-likeness (QED) is 0.573. The third-order valence-electron chi connectivity index (χ3n) is 2.20. The second kappa shape index (κ2) is 6.36. The van der Waals surface area contributed by atoms with Crippen LogP contribution in [-0.2, 0) is 0 Å². The van der Waals surface area contributed by atoms with E-state index in [2.05, 4.69) is 33.2 Å². The maximum Gasteiger partial charge on any atom is 0.175 e. The Hall–Kier alpha value is -0.850. The molecule has 0 spiro atoms. The monoisotopic (exact) mass is 388 g/mol. The van der Waals surface area contributed by atoms with Crippen LogP contribution in [0.15, 0.2) is 48.5 Å². The minimum absolute atomic E-state index is 0.554. The standard InChI is InChI=1S/C13H10ClIN2S/c14-9-1-5-11(6-2-9)16-13(18)17-12-7-3-10(15)4-8-12/h1-8H,(H2,16,17,18). The van der Waals surface area contributed by atoms with Gasteiger partial charge in [0.15, 0.2) is 5.11 Å². The zero-order chi connectivity index (χ0) is 13.0. The lowest BCUT2D eigenvalue weighted by molar-refractivity contribution is 1.58. The summed E-state index contributed by atoms with van der Waals surface area (Å²) in [4.78, 5) is 0. The Morgan fingerprint density at radius 1 is 0.889 bits per heavy atom. The van der Waals surface area contributed by atoms with Gasteiger partial charge in [-0.3, -0.25) is 0 Å². The minimum Gasteiger partial charge on any atom is -0.332 e. The summed E-state index contributed by atoms with van der Waals surface area (Å²) < 4.78 is 1.19. The molecule has 2 aromatic carbocycles. The molecular formula is C13H10ClIN2S. The summed E-state index contributed by atoms with van der Waals surface area (Å²) in [6, 6.07) is 15.4. The molecule has 0 unspecified atom stereocenters. The molecule has 0 saturated heterocycles. The van der Waals surface area contributed by atoms with Crippen LogP contribution < -0.4 is 10.6 Å². The van der Waals surface area contributed by atoms with E-state index in [1.807, 2.05) is 48.5 Å². The Balaban J connectivity index is 1.96. The number of nitrogens with one attached hydrogen (secondary N) is 2. The van der Waals surface area contributed by atoms with Gasteiger partial charge < -0.3 is 10.6 Å². The van der Waals surface area contributed by atoms with Crippen LogP contribution in [0.5, 0.6) is 0 Å². The number of rotatable bonds is 2. The number of halogens is 2. The average Bonchev–Trinajstić information content (AvgIpc) is 2.35. The van der Waals surface area contributed by atoms with E-state index in [4.69, 9.17) is 23.8 Å². The van der Waals surface area contributed by atoms with Gasteiger partial charge in [0, 0.05) is 20.0 Å². The largest absolute Gasteiger partial charge is 0.332 e. The van der Waals surface area contributed by atoms with E-state index >= 15 is 0 Å². The Bertz CT molecular complexity index is 490.